The van der Waals surface area contributed by atoms with Crippen molar-refractivity contribution in [2.45, 2.75) is 26.7 Å². The Bertz CT molecular complexity index is 511. The van der Waals surface area contributed by atoms with E-state index in [9.17, 15) is 14.7 Å². The van der Waals surface area contributed by atoms with Crippen LogP contribution in [-0.2, 0) is 9.59 Å². The number of benzene rings is 1. The van der Waals surface area contributed by atoms with Crippen molar-refractivity contribution in [1.29, 1.82) is 0 Å². The van der Waals surface area contributed by atoms with E-state index in [1.165, 1.54) is 0 Å². The van der Waals surface area contributed by atoms with Crippen molar-refractivity contribution in [3.05, 3.63) is 42.0 Å². The quantitative estimate of drug-likeness (QED) is 0.509. The SMILES string of the molecule is CC(C)C[C@@H](C(=O)O)[C@H](CC=Cc1ccccc1)C(=O)NO. The zero-order valence-electron chi connectivity index (χ0n) is 12.9. The van der Waals surface area contributed by atoms with E-state index < -0.39 is 23.7 Å². The third-order valence-electron chi connectivity index (χ3n) is 3.48. The lowest BCUT2D eigenvalue weighted by Gasteiger charge is -2.22. The summed E-state index contributed by atoms with van der Waals surface area (Å²) in [5.74, 6) is -3.16. The van der Waals surface area contributed by atoms with E-state index in [-0.39, 0.29) is 12.3 Å². The van der Waals surface area contributed by atoms with Crippen LogP contribution in [-0.4, -0.2) is 22.2 Å². The van der Waals surface area contributed by atoms with E-state index in [0.717, 1.165) is 5.56 Å². The molecule has 5 heteroatoms. The summed E-state index contributed by atoms with van der Waals surface area (Å²) in [4.78, 5) is 23.3. The molecular weight excluding hydrogens is 282 g/mol. The predicted octanol–water partition coefficient (Wildman–Crippen LogP) is 2.96. The van der Waals surface area contributed by atoms with Crippen LogP contribution in [0, 0.1) is 17.8 Å². The van der Waals surface area contributed by atoms with Crippen LogP contribution in [0.15, 0.2) is 36.4 Å². The standard InChI is InChI=1S/C17H23NO4/c1-12(2)11-15(17(20)21)14(16(19)18-22)10-6-9-13-7-4-3-5-8-13/h3-9,12,14-15,22H,10-11H2,1-2H3,(H,18,19)(H,20,21)/t14-,15+/m0/s1. The van der Waals surface area contributed by atoms with Gasteiger partial charge in [0.2, 0.25) is 5.91 Å². The van der Waals surface area contributed by atoms with Gasteiger partial charge in [0.15, 0.2) is 0 Å². The number of carboxylic acid groups (broad SMARTS) is 1. The molecule has 1 aromatic carbocycles. The van der Waals surface area contributed by atoms with Gasteiger partial charge < -0.3 is 5.11 Å². The van der Waals surface area contributed by atoms with Gasteiger partial charge in [-0.3, -0.25) is 14.8 Å². The lowest BCUT2D eigenvalue weighted by atomic mass is 9.82. The monoisotopic (exact) mass is 305 g/mol. The second-order valence-electron chi connectivity index (χ2n) is 5.71. The van der Waals surface area contributed by atoms with Gasteiger partial charge in [0.1, 0.15) is 0 Å². The van der Waals surface area contributed by atoms with Crippen LogP contribution in [0.4, 0.5) is 0 Å². The number of carbonyl (C=O) groups is 2. The smallest absolute Gasteiger partial charge is 0.307 e. The molecule has 0 aliphatic heterocycles. The first-order chi connectivity index (χ1) is 10.5. The van der Waals surface area contributed by atoms with E-state index in [2.05, 4.69) is 0 Å². The van der Waals surface area contributed by atoms with Gasteiger partial charge in [-0.15, -0.1) is 0 Å². The molecule has 0 fully saturated rings. The van der Waals surface area contributed by atoms with Crippen molar-refractivity contribution in [1.82, 2.24) is 5.48 Å². The van der Waals surface area contributed by atoms with E-state index in [0.29, 0.717) is 6.42 Å². The molecule has 22 heavy (non-hydrogen) atoms. The maximum absolute atomic E-state index is 11.8. The van der Waals surface area contributed by atoms with Crippen molar-refractivity contribution >= 4 is 18.0 Å². The zero-order chi connectivity index (χ0) is 16.5. The normalized spacial score (nSPS) is 14.0. The van der Waals surface area contributed by atoms with Gasteiger partial charge in [-0.05, 0) is 24.3 Å². The number of nitrogens with one attached hydrogen (secondary N) is 1. The molecule has 5 nitrogen and oxygen atoms in total. The van der Waals surface area contributed by atoms with Crippen LogP contribution in [0.3, 0.4) is 0 Å². The highest BCUT2D eigenvalue weighted by Crippen LogP contribution is 2.25. The molecule has 1 aromatic rings. The summed E-state index contributed by atoms with van der Waals surface area (Å²) in [6, 6.07) is 9.54. The van der Waals surface area contributed by atoms with E-state index in [1.54, 1.807) is 11.6 Å². The minimum Gasteiger partial charge on any atom is -0.481 e. The molecule has 0 aliphatic carbocycles. The van der Waals surface area contributed by atoms with Gasteiger partial charge in [-0.25, -0.2) is 5.48 Å². The number of amides is 1. The van der Waals surface area contributed by atoms with Crippen molar-refractivity contribution < 1.29 is 19.9 Å². The number of allylic oxidation sites excluding steroid dienone is 1. The predicted molar refractivity (Wildman–Crippen MR) is 84.1 cm³/mol. The molecule has 0 saturated heterocycles. The van der Waals surface area contributed by atoms with Gasteiger partial charge in [0.25, 0.3) is 0 Å². The Kier molecular flexibility index (Phi) is 7.32. The Balaban J connectivity index is 2.85. The molecule has 2 atom stereocenters. The Morgan fingerprint density at radius 3 is 2.32 bits per heavy atom. The summed E-state index contributed by atoms with van der Waals surface area (Å²) >= 11 is 0. The molecule has 0 aliphatic rings. The third-order valence-corrected chi connectivity index (χ3v) is 3.48. The minimum atomic E-state index is -1.02. The van der Waals surface area contributed by atoms with E-state index in [1.807, 2.05) is 50.3 Å². The van der Waals surface area contributed by atoms with Crippen LogP contribution < -0.4 is 5.48 Å². The Labute approximate surface area is 130 Å². The molecule has 1 rings (SSSR count). The second-order valence-corrected chi connectivity index (χ2v) is 5.71. The Morgan fingerprint density at radius 1 is 1.18 bits per heavy atom. The highest BCUT2D eigenvalue weighted by molar-refractivity contribution is 5.84. The van der Waals surface area contributed by atoms with Crippen molar-refractivity contribution in [2.75, 3.05) is 0 Å². The van der Waals surface area contributed by atoms with Gasteiger partial charge in [-0.2, -0.15) is 0 Å². The number of aliphatic carboxylic acids is 1. The topological polar surface area (TPSA) is 86.6 Å². The fourth-order valence-corrected chi connectivity index (χ4v) is 2.40. The first kappa shape index (κ1) is 17.9. The zero-order valence-corrected chi connectivity index (χ0v) is 12.9. The molecule has 1 amide bonds. The Morgan fingerprint density at radius 2 is 1.82 bits per heavy atom. The second kappa shape index (κ2) is 9.00. The van der Waals surface area contributed by atoms with E-state index >= 15 is 0 Å². The average molecular weight is 305 g/mol. The molecular formula is C17H23NO4. The van der Waals surface area contributed by atoms with Crippen LogP contribution in [0.5, 0.6) is 0 Å². The number of rotatable bonds is 8. The van der Waals surface area contributed by atoms with Gasteiger partial charge in [0, 0.05) is 0 Å². The summed E-state index contributed by atoms with van der Waals surface area (Å²) < 4.78 is 0. The number of hydrogen-bond acceptors (Lipinski definition) is 3. The first-order valence-electron chi connectivity index (χ1n) is 7.34. The summed E-state index contributed by atoms with van der Waals surface area (Å²) in [5, 5.41) is 18.2. The molecule has 0 aromatic heterocycles. The maximum Gasteiger partial charge on any atom is 0.307 e. The Hall–Kier alpha value is -2.14. The largest absolute Gasteiger partial charge is 0.481 e. The van der Waals surface area contributed by atoms with Crippen LogP contribution >= 0.6 is 0 Å². The van der Waals surface area contributed by atoms with Crippen LogP contribution in [0.2, 0.25) is 0 Å². The molecule has 0 saturated carbocycles. The first-order valence-corrected chi connectivity index (χ1v) is 7.34. The van der Waals surface area contributed by atoms with Crippen LogP contribution in [0.1, 0.15) is 32.3 Å². The van der Waals surface area contributed by atoms with Crippen molar-refractivity contribution in [3.8, 4) is 0 Å². The van der Waals surface area contributed by atoms with Gasteiger partial charge in [0.05, 0.1) is 11.8 Å². The van der Waals surface area contributed by atoms with Gasteiger partial charge >= 0.3 is 5.97 Å². The number of carboxylic acids is 1. The summed E-state index contributed by atoms with van der Waals surface area (Å²) in [7, 11) is 0. The number of carbonyl (C=O) groups excluding carboxylic acids is 1. The number of hydroxylamine groups is 1. The fraction of sp³-hybridized carbons (Fsp3) is 0.412. The lowest BCUT2D eigenvalue weighted by molar-refractivity contribution is -0.150. The van der Waals surface area contributed by atoms with Crippen LogP contribution in [0.25, 0.3) is 6.08 Å². The average Bonchev–Trinajstić information content (AvgIpc) is 2.49. The maximum atomic E-state index is 11.8. The summed E-state index contributed by atoms with van der Waals surface area (Å²) in [6.07, 6.45) is 4.25. The third kappa shape index (κ3) is 5.69. The molecule has 0 spiro atoms. The molecule has 0 heterocycles. The highest BCUT2D eigenvalue weighted by Gasteiger charge is 2.33. The van der Waals surface area contributed by atoms with Crippen molar-refractivity contribution in [2.24, 2.45) is 17.8 Å². The molecule has 0 radical (unpaired) electrons. The minimum absolute atomic E-state index is 0.146. The summed E-state index contributed by atoms with van der Waals surface area (Å²) in [5.41, 5.74) is 2.56. The van der Waals surface area contributed by atoms with E-state index in [4.69, 9.17) is 5.21 Å². The molecule has 0 unspecified atom stereocenters. The lowest BCUT2D eigenvalue weighted by Crippen LogP contribution is -2.37. The highest BCUT2D eigenvalue weighted by atomic mass is 16.5. The molecule has 120 valence electrons. The van der Waals surface area contributed by atoms with Gasteiger partial charge in [-0.1, -0.05) is 56.3 Å². The number of hydrogen-bond donors (Lipinski definition) is 3. The molecule has 3 N–H and O–H groups in total. The summed E-state index contributed by atoms with van der Waals surface area (Å²) in [6.45, 7) is 3.81. The van der Waals surface area contributed by atoms with Crippen molar-refractivity contribution in [3.63, 3.8) is 0 Å². The molecule has 0 bridgehead atoms. The fourth-order valence-electron chi connectivity index (χ4n) is 2.40.